The number of benzene rings is 1. The zero-order chi connectivity index (χ0) is 13.2. The van der Waals surface area contributed by atoms with Crippen LogP contribution in [0.3, 0.4) is 0 Å². The van der Waals surface area contributed by atoms with Crippen LogP contribution in [0.1, 0.15) is 62.3 Å². The zero-order valence-corrected chi connectivity index (χ0v) is 12.4. The van der Waals surface area contributed by atoms with Gasteiger partial charge in [0.15, 0.2) is 0 Å². The molecular formula is C18H27N. The number of nitrogens with one attached hydrogen (secondary N) is 1. The fourth-order valence-electron chi connectivity index (χ4n) is 3.67. The predicted octanol–water partition coefficient (Wildman–Crippen LogP) is 4.26. The van der Waals surface area contributed by atoms with E-state index in [1.54, 1.807) is 11.1 Å². The lowest BCUT2D eigenvalue weighted by Crippen LogP contribution is -2.28. The first-order valence-corrected chi connectivity index (χ1v) is 8.14. The van der Waals surface area contributed by atoms with Crippen molar-refractivity contribution in [1.82, 2.24) is 5.32 Å². The van der Waals surface area contributed by atoms with Crippen molar-refractivity contribution in [3.8, 4) is 0 Å². The highest BCUT2D eigenvalue weighted by atomic mass is 14.9. The molecule has 2 atom stereocenters. The van der Waals surface area contributed by atoms with Crippen LogP contribution in [0.4, 0.5) is 0 Å². The molecule has 3 rings (SSSR count). The Morgan fingerprint density at radius 3 is 2.58 bits per heavy atom. The minimum absolute atomic E-state index is 0.560. The molecule has 0 radical (unpaired) electrons. The van der Waals surface area contributed by atoms with Crippen LogP contribution in [-0.4, -0.2) is 6.54 Å². The van der Waals surface area contributed by atoms with Gasteiger partial charge >= 0.3 is 0 Å². The molecule has 0 amide bonds. The van der Waals surface area contributed by atoms with E-state index in [1.807, 2.05) is 0 Å². The highest BCUT2D eigenvalue weighted by molar-refractivity contribution is 5.35. The molecule has 0 saturated heterocycles. The molecule has 0 spiro atoms. The van der Waals surface area contributed by atoms with E-state index in [1.165, 1.54) is 44.1 Å². The minimum Gasteiger partial charge on any atom is -0.310 e. The van der Waals surface area contributed by atoms with E-state index in [0.29, 0.717) is 6.04 Å². The van der Waals surface area contributed by atoms with Gasteiger partial charge in [0.25, 0.3) is 0 Å². The predicted molar refractivity (Wildman–Crippen MR) is 81.4 cm³/mol. The smallest absolute Gasteiger partial charge is 0.0348 e. The Hall–Kier alpha value is -0.820. The lowest BCUT2D eigenvalue weighted by atomic mass is 9.85. The van der Waals surface area contributed by atoms with Crippen LogP contribution in [0.5, 0.6) is 0 Å². The number of hydrogen-bond donors (Lipinski definition) is 1. The van der Waals surface area contributed by atoms with Crippen LogP contribution >= 0.6 is 0 Å². The summed E-state index contributed by atoms with van der Waals surface area (Å²) in [6.07, 6.45) is 8.21. The quantitative estimate of drug-likeness (QED) is 0.831. The van der Waals surface area contributed by atoms with Gasteiger partial charge in [0.1, 0.15) is 0 Å². The van der Waals surface area contributed by atoms with Crippen LogP contribution < -0.4 is 5.32 Å². The molecule has 19 heavy (non-hydrogen) atoms. The number of aryl methyl sites for hydroxylation is 2. The number of rotatable bonds is 5. The maximum Gasteiger partial charge on any atom is 0.0348 e. The second-order valence-electron chi connectivity index (χ2n) is 6.47. The van der Waals surface area contributed by atoms with Gasteiger partial charge < -0.3 is 5.32 Å². The molecule has 2 unspecified atom stereocenters. The summed E-state index contributed by atoms with van der Waals surface area (Å²) in [6.45, 7) is 5.73. The summed E-state index contributed by atoms with van der Waals surface area (Å²) < 4.78 is 0. The molecule has 1 heteroatoms. The van der Waals surface area contributed by atoms with E-state index >= 15 is 0 Å². The topological polar surface area (TPSA) is 12.0 Å². The first-order valence-electron chi connectivity index (χ1n) is 8.14. The van der Waals surface area contributed by atoms with Crippen molar-refractivity contribution in [1.29, 1.82) is 0 Å². The molecule has 0 bridgehead atoms. The van der Waals surface area contributed by atoms with E-state index in [4.69, 9.17) is 0 Å². The molecule has 104 valence electrons. The lowest BCUT2D eigenvalue weighted by molar-refractivity contribution is 0.355. The Kier molecular flexibility index (Phi) is 3.93. The van der Waals surface area contributed by atoms with Gasteiger partial charge in [-0.1, -0.05) is 32.0 Å². The molecule has 1 nitrogen and oxygen atoms in total. The van der Waals surface area contributed by atoms with Gasteiger partial charge in [-0.25, -0.2) is 0 Å². The number of fused-ring (bicyclic) bond motifs is 1. The lowest BCUT2D eigenvalue weighted by Gasteiger charge is -2.27. The summed E-state index contributed by atoms with van der Waals surface area (Å²) in [5.41, 5.74) is 4.75. The van der Waals surface area contributed by atoms with E-state index in [2.05, 4.69) is 37.4 Å². The molecule has 1 N–H and O–H groups in total. The Morgan fingerprint density at radius 1 is 1.16 bits per heavy atom. The van der Waals surface area contributed by atoms with Gasteiger partial charge in [0, 0.05) is 6.04 Å². The Morgan fingerprint density at radius 2 is 1.89 bits per heavy atom. The molecule has 1 aromatic rings. The fourth-order valence-corrected chi connectivity index (χ4v) is 3.67. The zero-order valence-electron chi connectivity index (χ0n) is 12.4. The molecular weight excluding hydrogens is 230 g/mol. The summed E-state index contributed by atoms with van der Waals surface area (Å²) >= 11 is 0. The standard InChI is InChI=1S/C18H27N/c1-3-19-18(13(2)14-8-9-14)17-11-10-15-6-4-5-7-16(15)12-17/h10-14,18-19H,3-9H2,1-2H3. The van der Waals surface area contributed by atoms with Gasteiger partial charge in [0.2, 0.25) is 0 Å². The fraction of sp³-hybridized carbons (Fsp3) is 0.667. The molecule has 2 aliphatic rings. The van der Waals surface area contributed by atoms with Crippen molar-refractivity contribution in [2.24, 2.45) is 11.8 Å². The molecule has 1 aromatic carbocycles. The minimum atomic E-state index is 0.560. The van der Waals surface area contributed by atoms with Gasteiger partial charge in [-0.3, -0.25) is 0 Å². The first kappa shape index (κ1) is 13.2. The van der Waals surface area contributed by atoms with E-state index in [-0.39, 0.29) is 0 Å². The highest BCUT2D eigenvalue weighted by Crippen LogP contribution is 2.43. The third-order valence-electron chi connectivity index (χ3n) is 5.05. The molecule has 0 heterocycles. The molecule has 0 aromatic heterocycles. The van der Waals surface area contributed by atoms with Crippen molar-refractivity contribution in [2.75, 3.05) is 6.54 Å². The van der Waals surface area contributed by atoms with Gasteiger partial charge in [-0.2, -0.15) is 0 Å². The van der Waals surface area contributed by atoms with Crippen LogP contribution in [0, 0.1) is 11.8 Å². The van der Waals surface area contributed by atoms with Gasteiger partial charge in [0.05, 0.1) is 0 Å². The average molecular weight is 257 g/mol. The largest absolute Gasteiger partial charge is 0.310 e. The van der Waals surface area contributed by atoms with Gasteiger partial charge in [-0.05, 0) is 73.6 Å². The van der Waals surface area contributed by atoms with Crippen molar-refractivity contribution >= 4 is 0 Å². The summed E-state index contributed by atoms with van der Waals surface area (Å²) in [4.78, 5) is 0. The Bertz CT molecular complexity index is 433. The molecule has 1 saturated carbocycles. The van der Waals surface area contributed by atoms with Gasteiger partial charge in [-0.15, -0.1) is 0 Å². The second kappa shape index (κ2) is 5.66. The van der Waals surface area contributed by atoms with Crippen LogP contribution in [-0.2, 0) is 12.8 Å². The Balaban J connectivity index is 1.84. The van der Waals surface area contributed by atoms with E-state index in [0.717, 1.165) is 18.4 Å². The maximum absolute atomic E-state index is 3.73. The third kappa shape index (κ3) is 2.86. The molecule has 0 aliphatic heterocycles. The average Bonchev–Trinajstić information content (AvgIpc) is 3.28. The first-order chi connectivity index (χ1) is 9.29. The summed E-state index contributed by atoms with van der Waals surface area (Å²) in [5, 5.41) is 3.73. The molecule has 2 aliphatic carbocycles. The third-order valence-corrected chi connectivity index (χ3v) is 5.05. The summed E-state index contributed by atoms with van der Waals surface area (Å²) in [5.74, 6) is 1.74. The Labute approximate surface area is 117 Å². The highest BCUT2D eigenvalue weighted by Gasteiger charge is 2.33. The van der Waals surface area contributed by atoms with Crippen LogP contribution in [0.25, 0.3) is 0 Å². The van der Waals surface area contributed by atoms with Crippen LogP contribution in [0.15, 0.2) is 18.2 Å². The van der Waals surface area contributed by atoms with Crippen molar-refractivity contribution in [3.63, 3.8) is 0 Å². The van der Waals surface area contributed by atoms with Crippen LogP contribution in [0.2, 0.25) is 0 Å². The van der Waals surface area contributed by atoms with Crippen molar-refractivity contribution in [2.45, 2.75) is 58.4 Å². The van der Waals surface area contributed by atoms with E-state index in [9.17, 15) is 0 Å². The van der Waals surface area contributed by atoms with Crippen molar-refractivity contribution < 1.29 is 0 Å². The van der Waals surface area contributed by atoms with E-state index < -0.39 is 0 Å². The molecule has 1 fully saturated rings. The SMILES string of the molecule is CCNC(c1ccc2c(c1)CCCC2)C(C)C1CC1. The monoisotopic (exact) mass is 257 g/mol. The normalized spacial score (nSPS) is 21.8. The van der Waals surface area contributed by atoms with Crippen molar-refractivity contribution in [3.05, 3.63) is 34.9 Å². The second-order valence-corrected chi connectivity index (χ2v) is 6.47. The summed E-state index contributed by atoms with van der Waals surface area (Å²) in [7, 11) is 0. The summed E-state index contributed by atoms with van der Waals surface area (Å²) in [6, 6.07) is 7.84. The maximum atomic E-state index is 3.73. The number of hydrogen-bond acceptors (Lipinski definition) is 1.